The molecule has 2 aromatic rings. The summed E-state index contributed by atoms with van der Waals surface area (Å²) in [7, 11) is 1.69. The molecule has 0 unspecified atom stereocenters. The predicted octanol–water partition coefficient (Wildman–Crippen LogP) is 2.72. The summed E-state index contributed by atoms with van der Waals surface area (Å²) in [5.74, 6) is 0. The van der Waals surface area contributed by atoms with Crippen molar-refractivity contribution >= 4 is 11.3 Å². The van der Waals surface area contributed by atoms with Crippen molar-refractivity contribution in [3.8, 4) is 10.6 Å². The standard InChI is InChI=1S/C16H22N2O2S/c1-3-17-12-13-7-8-14(15-6-4-11-21-15)18(16(13)19)9-5-10-20-2/h4,6-8,11,17H,3,5,9-10,12H2,1-2H3. The van der Waals surface area contributed by atoms with Crippen LogP contribution in [0.4, 0.5) is 0 Å². The molecule has 0 aliphatic rings. The van der Waals surface area contributed by atoms with E-state index in [1.807, 2.05) is 35.1 Å². The van der Waals surface area contributed by atoms with Crippen molar-refractivity contribution in [2.45, 2.75) is 26.4 Å². The molecule has 114 valence electrons. The fourth-order valence-corrected chi connectivity index (χ4v) is 3.01. The molecule has 0 saturated heterocycles. The summed E-state index contributed by atoms with van der Waals surface area (Å²) in [6.07, 6.45) is 0.833. The van der Waals surface area contributed by atoms with Gasteiger partial charge in [-0.1, -0.05) is 19.1 Å². The Morgan fingerprint density at radius 3 is 2.86 bits per heavy atom. The molecule has 0 atom stereocenters. The molecule has 0 aromatic carbocycles. The predicted molar refractivity (Wildman–Crippen MR) is 87.9 cm³/mol. The second kappa shape index (κ2) is 8.12. The van der Waals surface area contributed by atoms with Gasteiger partial charge >= 0.3 is 0 Å². The van der Waals surface area contributed by atoms with Crippen LogP contribution in [-0.2, 0) is 17.8 Å². The molecule has 0 aliphatic heterocycles. The molecule has 0 aliphatic carbocycles. The molecule has 0 radical (unpaired) electrons. The number of nitrogens with one attached hydrogen (secondary N) is 1. The minimum Gasteiger partial charge on any atom is -0.385 e. The van der Waals surface area contributed by atoms with E-state index in [0.717, 1.165) is 29.1 Å². The van der Waals surface area contributed by atoms with E-state index in [4.69, 9.17) is 4.74 Å². The molecular formula is C16H22N2O2S. The third kappa shape index (κ3) is 4.03. The van der Waals surface area contributed by atoms with Crippen LogP contribution >= 0.6 is 11.3 Å². The highest BCUT2D eigenvalue weighted by molar-refractivity contribution is 7.13. The van der Waals surface area contributed by atoms with E-state index >= 15 is 0 Å². The number of hydrogen-bond acceptors (Lipinski definition) is 4. The summed E-state index contributed by atoms with van der Waals surface area (Å²) in [5.41, 5.74) is 1.90. The van der Waals surface area contributed by atoms with Crippen LogP contribution in [0.25, 0.3) is 10.6 Å². The molecule has 5 heteroatoms. The van der Waals surface area contributed by atoms with Crippen LogP contribution in [0.5, 0.6) is 0 Å². The van der Waals surface area contributed by atoms with E-state index < -0.39 is 0 Å². The molecule has 2 aromatic heterocycles. The summed E-state index contributed by atoms with van der Waals surface area (Å²) in [6.45, 7) is 4.85. The van der Waals surface area contributed by atoms with Crippen LogP contribution in [0.15, 0.2) is 34.4 Å². The lowest BCUT2D eigenvalue weighted by atomic mass is 10.2. The molecule has 0 spiro atoms. The Morgan fingerprint density at radius 1 is 1.33 bits per heavy atom. The van der Waals surface area contributed by atoms with Crippen molar-refractivity contribution in [2.75, 3.05) is 20.3 Å². The molecule has 0 bridgehead atoms. The van der Waals surface area contributed by atoms with Crippen molar-refractivity contribution in [2.24, 2.45) is 0 Å². The van der Waals surface area contributed by atoms with E-state index in [-0.39, 0.29) is 5.56 Å². The first-order valence-corrected chi connectivity index (χ1v) is 8.12. The third-order valence-electron chi connectivity index (χ3n) is 3.32. The van der Waals surface area contributed by atoms with Gasteiger partial charge in [0.15, 0.2) is 0 Å². The average molecular weight is 306 g/mol. The number of aromatic nitrogens is 1. The fraction of sp³-hybridized carbons (Fsp3) is 0.438. The average Bonchev–Trinajstić information content (AvgIpc) is 3.02. The zero-order chi connectivity index (χ0) is 15.1. The zero-order valence-corrected chi connectivity index (χ0v) is 13.4. The van der Waals surface area contributed by atoms with Gasteiger partial charge in [-0.25, -0.2) is 0 Å². The van der Waals surface area contributed by atoms with Gasteiger partial charge in [-0.05, 0) is 30.5 Å². The van der Waals surface area contributed by atoms with Gasteiger partial charge in [-0.15, -0.1) is 11.3 Å². The van der Waals surface area contributed by atoms with E-state index in [1.54, 1.807) is 18.4 Å². The first-order chi connectivity index (χ1) is 10.3. The molecule has 0 saturated carbocycles. The number of rotatable bonds is 8. The summed E-state index contributed by atoms with van der Waals surface area (Å²) >= 11 is 1.66. The second-order valence-electron chi connectivity index (χ2n) is 4.80. The van der Waals surface area contributed by atoms with Gasteiger partial charge in [0.05, 0.1) is 10.6 Å². The monoisotopic (exact) mass is 306 g/mol. The summed E-state index contributed by atoms with van der Waals surface area (Å²) in [5, 5.41) is 5.25. The van der Waals surface area contributed by atoms with Crippen LogP contribution in [-0.4, -0.2) is 24.8 Å². The first-order valence-electron chi connectivity index (χ1n) is 7.24. The highest BCUT2D eigenvalue weighted by atomic mass is 32.1. The van der Waals surface area contributed by atoms with E-state index in [0.29, 0.717) is 19.7 Å². The lowest BCUT2D eigenvalue weighted by Crippen LogP contribution is -2.28. The molecule has 2 rings (SSSR count). The van der Waals surface area contributed by atoms with Crippen molar-refractivity contribution in [1.82, 2.24) is 9.88 Å². The van der Waals surface area contributed by atoms with E-state index in [1.165, 1.54) is 0 Å². The molecular weight excluding hydrogens is 284 g/mol. The lowest BCUT2D eigenvalue weighted by Gasteiger charge is -2.14. The minimum absolute atomic E-state index is 0.0953. The lowest BCUT2D eigenvalue weighted by molar-refractivity contribution is 0.190. The Bertz CT molecular complexity index is 605. The molecule has 1 N–H and O–H groups in total. The molecule has 21 heavy (non-hydrogen) atoms. The molecule has 2 heterocycles. The highest BCUT2D eigenvalue weighted by Crippen LogP contribution is 2.24. The van der Waals surface area contributed by atoms with Gasteiger partial charge in [0.25, 0.3) is 5.56 Å². The van der Waals surface area contributed by atoms with Gasteiger partial charge < -0.3 is 14.6 Å². The maximum Gasteiger partial charge on any atom is 0.255 e. The Labute approximate surface area is 129 Å². The number of nitrogens with zero attached hydrogens (tertiary/aromatic N) is 1. The largest absolute Gasteiger partial charge is 0.385 e. The third-order valence-corrected chi connectivity index (χ3v) is 4.21. The van der Waals surface area contributed by atoms with Gasteiger partial charge in [-0.2, -0.15) is 0 Å². The number of hydrogen-bond donors (Lipinski definition) is 1. The van der Waals surface area contributed by atoms with Crippen molar-refractivity contribution in [1.29, 1.82) is 0 Å². The molecule has 4 nitrogen and oxygen atoms in total. The van der Waals surface area contributed by atoms with Crippen LogP contribution in [0.2, 0.25) is 0 Å². The zero-order valence-electron chi connectivity index (χ0n) is 12.6. The number of ether oxygens (including phenoxy) is 1. The van der Waals surface area contributed by atoms with Crippen LogP contribution in [0, 0.1) is 0 Å². The van der Waals surface area contributed by atoms with Gasteiger partial charge in [0.1, 0.15) is 0 Å². The summed E-state index contributed by atoms with van der Waals surface area (Å²) in [6, 6.07) is 8.05. The van der Waals surface area contributed by atoms with Gasteiger partial charge in [0.2, 0.25) is 0 Å². The fourth-order valence-electron chi connectivity index (χ4n) is 2.25. The van der Waals surface area contributed by atoms with Crippen LogP contribution < -0.4 is 10.9 Å². The minimum atomic E-state index is 0.0953. The maximum absolute atomic E-state index is 12.7. The number of thiophene rings is 1. The van der Waals surface area contributed by atoms with Crippen molar-refractivity contribution in [3.63, 3.8) is 0 Å². The Hall–Kier alpha value is -1.43. The first kappa shape index (κ1) is 15.9. The van der Waals surface area contributed by atoms with E-state index in [9.17, 15) is 4.79 Å². The highest BCUT2D eigenvalue weighted by Gasteiger charge is 2.10. The van der Waals surface area contributed by atoms with Gasteiger partial charge in [-0.3, -0.25) is 4.79 Å². The quantitative estimate of drug-likeness (QED) is 0.763. The normalized spacial score (nSPS) is 11.0. The molecule has 0 amide bonds. The number of pyridine rings is 1. The summed E-state index contributed by atoms with van der Waals surface area (Å²) in [4.78, 5) is 13.8. The van der Waals surface area contributed by atoms with Crippen LogP contribution in [0.3, 0.4) is 0 Å². The van der Waals surface area contributed by atoms with E-state index in [2.05, 4.69) is 11.4 Å². The van der Waals surface area contributed by atoms with Crippen molar-refractivity contribution in [3.05, 3.63) is 45.6 Å². The Kier molecular flexibility index (Phi) is 6.17. The Morgan fingerprint density at radius 2 is 2.19 bits per heavy atom. The maximum atomic E-state index is 12.7. The SMILES string of the molecule is CCNCc1ccc(-c2cccs2)n(CCCOC)c1=O. The smallest absolute Gasteiger partial charge is 0.255 e. The number of methoxy groups -OCH3 is 1. The Balaban J connectivity index is 2.35. The van der Waals surface area contributed by atoms with Crippen molar-refractivity contribution < 1.29 is 4.74 Å². The van der Waals surface area contributed by atoms with Gasteiger partial charge in [0, 0.05) is 32.4 Å². The molecule has 0 fully saturated rings. The van der Waals surface area contributed by atoms with Crippen LogP contribution in [0.1, 0.15) is 18.9 Å². The second-order valence-corrected chi connectivity index (χ2v) is 5.75. The summed E-state index contributed by atoms with van der Waals surface area (Å²) < 4.78 is 6.98. The topological polar surface area (TPSA) is 43.3 Å².